The van der Waals surface area contributed by atoms with Gasteiger partial charge in [-0.25, -0.2) is 0 Å². The minimum Gasteiger partial charge on any atom is -0.380 e. The Labute approximate surface area is 159 Å². The molecule has 1 saturated carbocycles. The number of amides is 1. The first-order valence-corrected chi connectivity index (χ1v) is 9.25. The van der Waals surface area contributed by atoms with Gasteiger partial charge in [0.05, 0.1) is 11.3 Å². The van der Waals surface area contributed by atoms with Crippen molar-refractivity contribution in [1.82, 2.24) is 0 Å². The summed E-state index contributed by atoms with van der Waals surface area (Å²) >= 11 is 0. The second-order valence-electron chi connectivity index (χ2n) is 6.95. The van der Waals surface area contributed by atoms with Gasteiger partial charge < -0.3 is 10.6 Å². The van der Waals surface area contributed by atoms with E-state index in [-0.39, 0.29) is 17.6 Å². The van der Waals surface area contributed by atoms with E-state index in [1.165, 1.54) is 6.92 Å². The smallest absolute Gasteiger partial charge is 0.227 e. The molecule has 0 heterocycles. The number of carbonyl (C=O) groups is 2. The Morgan fingerprint density at radius 3 is 2.63 bits per heavy atom. The van der Waals surface area contributed by atoms with E-state index in [1.807, 2.05) is 24.3 Å². The Kier molecular flexibility index (Phi) is 5.87. The number of anilines is 2. The number of hydrogen-bond donors (Lipinski definition) is 2. The second-order valence-corrected chi connectivity index (χ2v) is 6.95. The molecule has 0 saturated heterocycles. The molecule has 0 spiro atoms. The maximum Gasteiger partial charge on any atom is 0.227 e. The van der Waals surface area contributed by atoms with Crippen LogP contribution in [0.4, 0.5) is 11.4 Å². The minimum atomic E-state index is -0.0424. The summed E-state index contributed by atoms with van der Waals surface area (Å²) in [6.07, 6.45) is 4.19. The van der Waals surface area contributed by atoms with E-state index in [1.54, 1.807) is 18.2 Å². The van der Waals surface area contributed by atoms with Crippen molar-refractivity contribution in [2.45, 2.75) is 39.2 Å². The van der Waals surface area contributed by atoms with E-state index in [2.05, 4.69) is 16.7 Å². The van der Waals surface area contributed by atoms with Gasteiger partial charge in [-0.2, -0.15) is 5.26 Å². The molecular formula is C22H23N3O2. The average Bonchev–Trinajstić information content (AvgIpc) is 3.21. The summed E-state index contributed by atoms with van der Waals surface area (Å²) in [5.41, 5.74) is 3.45. The standard InChI is InChI=1S/C22H23N3O2/c1-15(26)18-9-10-19(13-23)21(12-18)24-14-16-5-4-8-20(11-16)25-22(27)17-6-2-3-7-17/h4-5,8-12,17,24H,2-3,6-7,14H2,1H3,(H,25,27). The molecular weight excluding hydrogens is 338 g/mol. The van der Waals surface area contributed by atoms with Crippen LogP contribution in [0.2, 0.25) is 0 Å². The van der Waals surface area contributed by atoms with Gasteiger partial charge in [0.15, 0.2) is 5.78 Å². The van der Waals surface area contributed by atoms with Crippen LogP contribution in [0.5, 0.6) is 0 Å². The van der Waals surface area contributed by atoms with Gasteiger partial charge in [-0.05, 0) is 55.7 Å². The molecule has 1 amide bonds. The quantitative estimate of drug-likeness (QED) is 0.742. The Morgan fingerprint density at radius 1 is 1.15 bits per heavy atom. The molecule has 5 nitrogen and oxygen atoms in total. The Balaban J connectivity index is 1.68. The highest BCUT2D eigenvalue weighted by Gasteiger charge is 2.22. The lowest BCUT2D eigenvalue weighted by atomic mass is 10.1. The van der Waals surface area contributed by atoms with Gasteiger partial charge in [0, 0.05) is 23.7 Å². The van der Waals surface area contributed by atoms with Crippen LogP contribution >= 0.6 is 0 Å². The van der Waals surface area contributed by atoms with Crippen LogP contribution in [-0.4, -0.2) is 11.7 Å². The summed E-state index contributed by atoms with van der Waals surface area (Å²) in [6, 6.07) is 14.8. The molecule has 27 heavy (non-hydrogen) atoms. The number of nitriles is 1. The number of carbonyl (C=O) groups excluding carboxylic acids is 2. The average molecular weight is 361 g/mol. The molecule has 1 aliphatic carbocycles. The Morgan fingerprint density at radius 2 is 1.93 bits per heavy atom. The molecule has 0 atom stereocenters. The number of ketones is 1. The number of nitrogens with one attached hydrogen (secondary N) is 2. The van der Waals surface area contributed by atoms with Crippen molar-refractivity contribution in [3.05, 3.63) is 59.2 Å². The van der Waals surface area contributed by atoms with Gasteiger partial charge in [0.25, 0.3) is 0 Å². The maximum atomic E-state index is 12.3. The zero-order valence-corrected chi connectivity index (χ0v) is 15.4. The van der Waals surface area contributed by atoms with Gasteiger partial charge in [0.1, 0.15) is 6.07 Å². The third-order valence-corrected chi connectivity index (χ3v) is 4.95. The van der Waals surface area contributed by atoms with E-state index in [9.17, 15) is 14.9 Å². The SMILES string of the molecule is CC(=O)c1ccc(C#N)c(NCc2cccc(NC(=O)C3CCCC3)c2)c1. The highest BCUT2D eigenvalue weighted by Crippen LogP contribution is 2.26. The first-order chi connectivity index (χ1) is 13.1. The first kappa shape index (κ1) is 18.7. The third-order valence-electron chi connectivity index (χ3n) is 4.95. The van der Waals surface area contributed by atoms with Crippen molar-refractivity contribution < 1.29 is 9.59 Å². The van der Waals surface area contributed by atoms with Crippen molar-refractivity contribution in [2.24, 2.45) is 5.92 Å². The first-order valence-electron chi connectivity index (χ1n) is 9.25. The monoisotopic (exact) mass is 361 g/mol. The van der Waals surface area contributed by atoms with Gasteiger partial charge in [-0.15, -0.1) is 0 Å². The molecule has 3 rings (SSSR count). The Bertz CT molecular complexity index is 893. The van der Waals surface area contributed by atoms with E-state index >= 15 is 0 Å². The van der Waals surface area contributed by atoms with Gasteiger partial charge in [-0.3, -0.25) is 9.59 Å². The predicted molar refractivity (Wildman–Crippen MR) is 106 cm³/mol. The molecule has 138 valence electrons. The van der Waals surface area contributed by atoms with Crippen molar-refractivity contribution in [1.29, 1.82) is 5.26 Å². The molecule has 2 aromatic carbocycles. The number of benzene rings is 2. The molecule has 1 fully saturated rings. The van der Waals surface area contributed by atoms with Crippen LogP contribution in [0.15, 0.2) is 42.5 Å². The fourth-order valence-corrected chi connectivity index (χ4v) is 3.40. The van der Waals surface area contributed by atoms with Crippen LogP contribution in [0.25, 0.3) is 0 Å². The van der Waals surface area contributed by atoms with Crippen molar-refractivity contribution in [3.63, 3.8) is 0 Å². The van der Waals surface area contributed by atoms with Gasteiger partial charge in [-0.1, -0.05) is 25.0 Å². The van der Waals surface area contributed by atoms with Crippen LogP contribution < -0.4 is 10.6 Å². The van der Waals surface area contributed by atoms with Crippen LogP contribution in [0.1, 0.15) is 54.1 Å². The zero-order valence-electron chi connectivity index (χ0n) is 15.4. The second kappa shape index (κ2) is 8.50. The molecule has 0 unspecified atom stereocenters. The fourth-order valence-electron chi connectivity index (χ4n) is 3.40. The van der Waals surface area contributed by atoms with Crippen molar-refractivity contribution in [2.75, 3.05) is 10.6 Å². The molecule has 5 heteroatoms. The summed E-state index contributed by atoms with van der Waals surface area (Å²) in [5, 5.41) is 15.5. The van der Waals surface area contributed by atoms with E-state index in [0.29, 0.717) is 23.4 Å². The summed E-state index contributed by atoms with van der Waals surface area (Å²) in [4.78, 5) is 23.9. The van der Waals surface area contributed by atoms with Crippen molar-refractivity contribution in [3.8, 4) is 6.07 Å². The number of rotatable bonds is 6. The maximum absolute atomic E-state index is 12.3. The van der Waals surface area contributed by atoms with Crippen LogP contribution in [0.3, 0.4) is 0 Å². The zero-order chi connectivity index (χ0) is 19.2. The van der Waals surface area contributed by atoms with E-state index in [4.69, 9.17) is 0 Å². The fraction of sp³-hybridized carbons (Fsp3) is 0.318. The largest absolute Gasteiger partial charge is 0.380 e. The number of Topliss-reactive ketones (excluding diaryl/α,β-unsaturated/α-hetero) is 1. The van der Waals surface area contributed by atoms with Crippen LogP contribution in [-0.2, 0) is 11.3 Å². The van der Waals surface area contributed by atoms with Crippen LogP contribution in [0, 0.1) is 17.2 Å². The lowest BCUT2D eigenvalue weighted by Crippen LogP contribution is -2.20. The Hall–Kier alpha value is -3.13. The molecule has 1 aliphatic rings. The normalized spacial score (nSPS) is 13.8. The van der Waals surface area contributed by atoms with E-state index in [0.717, 1.165) is 36.9 Å². The number of hydrogen-bond acceptors (Lipinski definition) is 4. The molecule has 2 aromatic rings. The highest BCUT2D eigenvalue weighted by molar-refractivity contribution is 5.95. The molecule has 2 N–H and O–H groups in total. The highest BCUT2D eigenvalue weighted by atomic mass is 16.2. The van der Waals surface area contributed by atoms with E-state index < -0.39 is 0 Å². The molecule has 0 aromatic heterocycles. The predicted octanol–water partition coefficient (Wildman–Crippen LogP) is 4.50. The summed E-state index contributed by atoms with van der Waals surface area (Å²) in [6.45, 7) is 1.99. The lowest BCUT2D eigenvalue weighted by molar-refractivity contribution is -0.119. The molecule has 0 bridgehead atoms. The minimum absolute atomic E-state index is 0.0424. The molecule has 0 aliphatic heterocycles. The lowest BCUT2D eigenvalue weighted by Gasteiger charge is -2.13. The number of nitrogens with zero attached hydrogens (tertiary/aromatic N) is 1. The molecule has 0 radical (unpaired) electrons. The van der Waals surface area contributed by atoms with Gasteiger partial charge >= 0.3 is 0 Å². The topological polar surface area (TPSA) is 82.0 Å². The van der Waals surface area contributed by atoms with Crippen molar-refractivity contribution >= 4 is 23.1 Å². The van der Waals surface area contributed by atoms with Gasteiger partial charge in [0.2, 0.25) is 5.91 Å². The summed E-state index contributed by atoms with van der Waals surface area (Å²) in [7, 11) is 0. The summed E-state index contributed by atoms with van der Waals surface area (Å²) in [5.74, 6) is 0.178. The summed E-state index contributed by atoms with van der Waals surface area (Å²) < 4.78 is 0. The third kappa shape index (κ3) is 4.73.